The van der Waals surface area contributed by atoms with Gasteiger partial charge in [-0.3, -0.25) is 0 Å². The molecule has 2 heterocycles. The minimum atomic E-state index is -3.41. The molecule has 2 rings (SSSR count). The largest absolute Gasteiger partial charge is 0.332 e. The Morgan fingerprint density at radius 1 is 1.53 bits per heavy atom. The number of imidazole rings is 1. The maximum atomic E-state index is 12.5. The Balaban J connectivity index is 2.38. The molecule has 1 N–H and O–H groups in total. The van der Waals surface area contributed by atoms with Crippen molar-refractivity contribution in [1.29, 1.82) is 0 Å². The molecular formula is C11H19N3O2S. The first-order valence-electron chi connectivity index (χ1n) is 6.02. The van der Waals surface area contributed by atoms with Gasteiger partial charge in [-0.1, -0.05) is 6.92 Å². The maximum absolute atomic E-state index is 12.5. The molecule has 0 aliphatic carbocycles. The fourth-order valence-corrected chi connectivity index (χ4v) is 4.42. The zero-order chi connectivity index (χ0) is 12.6. The van der Waals surface area contributed by atoms with Crippen LogP contribution in [0.25, 0.3) is 0 Å². The fraction of sp³-hybridized carbons (Fsp3) is 0.727. The molecule has 5 nitrogen and oxygen atoms in total. The Labute approximate surface area is 102 Å². The number of rotatable bonds is 3. The molecule has 1 aromatic heterocycles. The van der Waals surface area contributed by atoms with Crippen LogP contribution in [0.2, 0.25) is 0 Å². The van der Waals surface area contributed by atoms with E-state index in [-0.39, 0.29) is 17.1 Å². The topological polar surface area (TPSA) is 66.1 Å². The van der Waals surface area contributed by atoms with E-state index in [1.54, 1.807) is 11.2 Å². The van der Waals surface area contributed by atoms with Crippen molar-refractivity contribution in [2.45, 2.75) is 57.1 Å². The lowest BCUT2D eigenvalue weighted by Gasteiger charge is -2.26. The van der Waals surface area contributed by atoms with E-state index in [4.69, 9.17) is 0 Å². The summed E-state index contributed by atoms with van der Waals surface area (Å²) in [5, 5.41) is 0.210. The first-order valence-corrected chi connectivity index (χ1v) is 7.46. The van der Waals surface area contributed by atoms with Gasteiger partial charge in [0, 0.05) is 12.1 Å². The van der Waals surface area contributed by atoms with Crippen molar-refractivity contribution >= 4 is 10.0 Å². The van der Waals surface area contributed by atoms with Crippen molar-refractivity contribution in [3.05, 3.63) is 12.0 Å². The number of hydrogen-bond donors (Lipinski definition) is 1. The molecular weight excluding hydrogens is 238 g/mol. The molecule has 17 heavy (non-hydrogen) atoms. The van der Waals surface area contributed by atoms with Gasteiger partial charge in [0.2, 0.25) is 0 Å². The Bertz CT molecular complexity index is 495. The molecule has 0 amide bonds. The lowest BCUT2D eigenvalue weighted by Crippen LogP contribution is -2.39. The highest BCUT2D eigenvalue weighted by molar-refractivity contribution is 7.89. The first-order chi connectivity index (χ1) is 7.96. The number of aromatic amines is 1. The van der Waals surface area contributed by atoms with Crippen LogP contribution in [0, 0.1) is 6.92 Å². The summed E-state index contributed by atoms with van der Waals surface area (Å²) in [7, 11) is -3.41. The number of sulfonamides is 1. The molecule has 0 radical (unpaired) electrons. The van der Waals surface area contributed by atoms with Crippen LogP contribution in [-0.4, -0.2) is 34.8 Å². The smallest absolute Gasteiger partial charge is 0.260 e. The minimum absolute atomic E-state index is 0.0774. The summed E-state index contributed by atoms with van der Waals surface area (Å²) in [5.74, 6) is 0.628. The standard InChI is InChI=1S/C11H19N3O2S/c1-4-10-6-5-8(2)14(10)17(15,16)11-7-12-9(3)13-11/h7-8,10H,4-6H2,1-3H3,(H,12,13). The molecule has 0 bridgehead atoms. The zero-order valence-corrected chi connectivity index (χ0v) is 11.3. The van der Waals surface area contributed by atoms with Crippen LogP contribution in [0.4, 0.5) is 0 Å². The second-order valence-corrected chi connectivity index (χ2v) is 6.47. The van der Waals surface area contributed by atoms with E-state index in [2.05, 4.69) is 9.97 Å². The van der Waals surface area contributed by atoms with E-state index >= 15 is 0 Å². The minimum Gasteiger partial charge on any atom is -0.332 e. The summed E-state index contributed by atoms with van der Waals surface area (Å²) < 4.78 is 26.6. The molecule has 6 heteroatoms. The Hall–Kier alpha value is -0.880. The number of H-pyrrole nitrogens is 1. The summed E-state index contributed by atoms with van der Waals surface area (Å²) in [6.07, 6.45) is 4.15. The number of nitrogens with one attached hydrogen (secondary N) is 1. The average Bonchev–Trinajstić information content (AvgIpc) is 2.84. The van der Waals surface area contributed by atoms with Crippen molar-refractivity contribution in [3.63, 3.8) is 0 Å². The third-order valence-corrected chi connectivity index (χ3v) is 5.39. The van der Waals surface area contributed by atoms with Gasteiger partial charge < -0.3 is 4.98 Å². The molecule has 96 valence electrons. The molecule has 1 saturated heterocycles. The van der Waals surface area contributed by atoms with E-state index in [1.165, 1.54) is 6.20 Å². The van der Waals surface area contributed by atoms with Crippen molar-refractivity contribution in [1.82, 2.24) is 14.3 Å². The highest BCUT2D eigenvalue weighted by atomic mass is 32.2. The summed E-state index contributed by atoms with van der Waals surface area (Å²) in [6, 6.07) is 0.201. The second-order valence-electron chi connectivity index (χ2n) is 4.66. The third kappa shape index (κ3) is 2.11. The highest BCUT2D eigenvalue weighted by Gasteiger charge is 2.39. The van der Waals surface area contributed by atoms with E-state index in [0.717, 1.165) is 19.3 Å². The van der Waals surface area contributed by atoms with E-state index in [1.807, 2.05) is 13.8 Å². The Kier molecular flexibility index (Phi) is 3.27. The van der Waals surface area contributed by atoms with E-state index < -0.39 is 10.0 Å². The van der Waals surface area contributed by atoms with E-state index in [0.29, 0.717) is 5.82 Å². The summed E-state index contributed by atoms with van der Waals surface area (Å²) in [6.45, 7) is 5.75. The molecule has 0 aromatic carbocycles. The van der Waals surface area contributed by atoms with Gasteiger partial charge >= 0.3 is 0 Å². The predicted octanol–water partition coefficient (Wildman–Crippen LogP) is 1.67. The van der Waals surface area contributed by atoms with Crippen LogP contribution in [0.5, 0.6) is 0 Å². The van der Waals surface area contributed by atoms with Crippen molar-refractivity contribution in [2.75, 3.05) is 0 Å². The molecule has 0 spiro atoms. The van der Waals surface area contributed by atoms with Crippen LogP contribution in [0.1, 0.15) is 38.9 Å². The van der Waals surface area contributed by atoms with Gasteiger partial charge in [-0.2, -0.15) is 4.31 Å². The van der Waals surface area contributed by atoms with E-state index in [9.17, 15) is 8.42 Å². The molecule has 2 atom stereocenters. The number of nitrogens with zero attached hydrogens (tertiary/aromatic N) is 2. The van der Waals surface area contributed by atoms with Gasteiger partial charge in [-0.25, -0.2) is 13.4 Å². The van der Waals surface area contributed by atoms with Crippen molar-refractivity contribution < 1.29 is 8.42 Å². The number of aromatic nitrogens is 2. The van der Waals surface area contributed by atoms with Gasteiger partial charge in [0.1, 0.15) is 5.82 Å². The monoisotopic (exact) mass is 257 g/mol. The van der Waals surface area contributed by atoms with Crippen LogP contribution >= 0.6 is 0 Å². The first kappa shape index (κ1) is 12.6. The Morgan fingerprint density at radius 2 is 2.24 bits per heavy atom. The number of aryl methyl sites for hydroxylation is 1. The second kappa shape index (κ2) is 4.42. The van der Waals surface area contributed by atoms with Crippen LogP contribution in [-0.2, 0) is 10.0 Å². The van der Waals surface area contributed by atoms with Gasteiger partial charge in [0.05, 0.1) is 6.20 Å². The summed E-state index contributed by atoms with van der Waals surface area (Å²) in [5.41, 5.74) is 0. The summed E-state index contributed by atoms with van der Waals surface area (Å²) in [4.78, 5) is 6.79. The SMILES string of the molecule is CCC1CCC(C)N1S(=O)(=O)c1cnc(C)[nH]1. The van der Waals surface area contributed by atoms with Crippen molar-refractivity contribution in [3.8, 4) is 0 Å². The molecule has 2 unspecified atom stereocenters. The molecule has 0 saturated carbocycles. The molecule has 1 aliphatic heterocycles. The number of hydrogen-bond acceptors (Lipinski definition) is 3. The normalized spacial score (nSPS) is 26.5. The predicted molar refractivity (Wildman–Crippen MR) is 65.1 cm³/mol. The maximum Gasteiger partial charge on any atom is 0.260 e. The van der Waals surface area contributed by atoms with Crippen LogP contribution < -0.4 is 0 Å². The van der Waals surface area contributed by atoms with Gasteiger partial charge in [-0.05, 0) is 33.1 Å². The van der Waals surface area contributed by atoms with Crippen molar-refractivity contribution in [2.24, 2.45) is 0 Å². The third-order valence-electron chi connectivity index (χ3n) is 3.42. The summed E-state index contributed by atoms with van der Waals surface area (Å²) >= 11 is 0. The molecule has 1 aromatic rings. The lowest BCUT2D eigenvalue weighted by atomic mass is 10.2. The highest BCUT2D eigenvalue weighted by Crippen LogP contribution is 2.31. The molecule has 1 aliphatic rings. The Morgan fingerprint density at radius 3 is 2.76 bits per heavy atom. The molecule has 1 fully saturated rings. The van der Waals surface area contributed by atoms with Gasteiger partial charge in [0.15, 0.2) is 5.03 Å². The van der Waals surface area contributed by atoms with Gasteiger partial charge in [-0.15, -0.1) is 0 Å². The lowest BCUT2D eigenvalue weighted by molar-refractivity contribution is 0.327. The average molecular weight is 257 g/mol. The zero-order valence-electron chi connectivity index (χ0n) is 10.5. The van der Waals surface area contributed by atoms with Gasteiger partial charge in [0.25, 0.3) is 10.0 Å². The van der Waals surface area contributed by atoms with Crippen LogP contribution in [0.3, 0.4) is 0 Å². The quantitative estimate of drug-likeness (QED) is 0.895. The fourth-order valence-electron chi connectivity index (χ4n) is 2.51. The van der Waals surface area contributed by atoms with Crippen LogP contribution in [0.15, 0.2) is 11.2 Å².